The predicted molar refractivity (Wildman–Crippen MR) is 110 cm³/mol. The van der Waals surface area contributed by atoms with E-state index in [1.54, 1.807) is 24.3 Å². The van der Waals surface area contributed by atoms with Crippen molar-refractivity contribution < 1.29 is 17.9 Å². The number of hydrogen-bond acceptors (Lipinski definition) is 4. The Bertz CT molecular complexity index is 970. The Balaban J connectivity index is 1.88. The summed E-state index contributed by atoms with van der Waals surface area (Å²) in [5.41, 5.74) is 0.733. The third-order valence-corrected chi connectivity index (χ3v) is 6.86. The lowest BCUT2D eigenvalue weighted by atomic mass is 10.2. The fourth-order valence-corrected chi connectivity index (χ4v) is 5.26. The molecule has 1 amide bonds. The second-order valence-corrected chi connectivity index (χ2v) is 9.44. The van der Waals surface area contributed by atoms with Crippen LogP contribution in [0.4, 0.5) is 5.69 Å². The Hall–Kier alpha value is -1.64. The lowest BCUT2D eigenvalue weighted by molar-refractivity contribution is -0.0440. The third-order valence-electron chi connectivity index (χ3n) is 4.30. The molecule has 0 aliphatic carbocycles. The largest absolute Gasteiger partial charge is 0.373 e. The Labute approximate surface area is 174 Å². The molecule has 2 aromatic carbocycles. The Morgan fingerprint density at radius 3 is 2.29 bits per heavy atom. The summed E-state index contributed by atoms with van der Waals surface area (Å²) < 4.78 is 33.2. The molecule has 1 aliphatic rings. The van der Waals surface area contributed by atoms with E-state index in [1.807, 2.05) is 13.8 Å². The first-order chi connectivity index (χ1) is 13.2. The normalized spacial score (nSPS) is 20.7. The van der Waals surface area contributed by atoms with Gasteiger partial charge in [0.1, 0.15) is 4.90 Å². The van der Waals surface area contributed by atoms with Crippen molar-refractivity contribution in [2.24, 2.45) is 0 Å². The van der Waals surface area contributed by atoms with Gasteiger partial charge in [-0.05, 0) is 56.3 Å². The molecule has 2 atom stereocenters. The highest BCUT2D eigenvalue weighted by Crippen LogP contribution is 2.28. The minimum absolute atomic E-state index is 0.0647. The maximum absolute atomic E-state index is 13.1. The smallest absolute Gasteiger partial charge is 0.255 e. The van der Waals surface area contributed by atoms with Crippen LogP contribution in [0.25, 0.3) is 0 Å². The second kappa shape index (κ2) is 8.39. The van der Waals surface area contributed by atoms with Gasteiger partial charge < -0.3 is 10.1 Å². The van der Waals surface area contributed by atoms with E-state index in [4.69, 9.17) is 27.9 Å². The van der Waals surface area contributed by atoms with E-state index < -0.39 is 15.9 Å². The molecule has 150 valence electrons. The van der Waals surface area contributed by atoms with Gasteiger partial charge in [-0.2, -0.15) is 4.31 Å². The van der Waals surface area contributed by atoms with E-state index in [9.17, 15) is 13.2 Å². The summed E-state index contributed by atoms with van der Waals surface area (Å²) in [6.07, 6.45) is -0.456. The minimum Gasteiger partial charge on any atom is -0.373 e. The first-order valence-corrected chi connectivity index (χ1v) is 10.9. The molecule has 0 unspecified atom stereocenters. The van der Waals surface area contributed by atoms with Gasteiger partial charge in [0.05, 0.1) is 17.2 Å². The van der Waals surface area contributed by atoms with Crippen molar-refractivity contribution in [2.45, 2.75) is 31.0 Å². The van der Waals surface area contributed by atoms with Crippen LogP contribution in [0.1, 0.15) is 24.2 Å². The molecule has 1 N–H and O–H groups in total. The molecule has 0 spiro atoms. The van der Waals surface area contributed by atoms with Crippen molar-refractivity contribution in [2.75, 3.05) is 18.4 Å². The van der Waals surface area contributed by atoms with Crippen LogP contribution in [0.15, 0.2) is 47.4 Å². The summed E-state index contributed by atoms with van der Waals surface area (Å²) in [6.45, 7) is 4.08. The average molecular weight is 443 g/mol. The first kappa shape index (κ1) is 21.1. The Kier molecular flexibility index (Phi) is 6.31. The maximum atomic E-state index is 13.1. The molecule has 0 aromatic heterocycles. The summed E-state index contributed by atoms with van der Waals surface area (Å²) in [4.78, 5) is 12.5. The van der Waals surface area contributed by atoms with E-state index in [-0.39, 0.29) is 40.8 Å². The number of benzene rings is 2. The van der Waals surface area contributed by atoms with E-state index in [0.717, 1.165) is 0 Å². The first-order valence-electron chi connectivity index (χ1n) is 8.69. The van der Waals surface area contributed by atoms with Gasteiger partial charge in [-0.15, -0.1) is 0 Å². The number of nitrogens with one attached hydrogen (secondary N) is 1. The number of sulfonamides is 1. The summed E-state index contributed by atoms with van der Waals surface area (Å²) in [5, 5.41) is 3.32. The van der Waals surface area contributed by atoms with Gasteiger partial charge in [-0.1, -0.05) is 23.2 Å². The molecule has 1 saturated heterocycles. The highest BCUT2D eigenvalue weighted by Gasteiger charge is 2.33. The molecular weight excluding hydrogens is 423 g/mol. The van der Waals surface area contributed by atoms with Gasteiger partial charge >= 0.3 is 0 Å². The van der Waals surface area contributed by atoms with Crippen LogP contribution in [0.2, 0.25) is 10.0 Å². The monoisotopic (exact) mass is 442 g/mol. The molecule has 28 heavy (non-hydrogen) atoms. The van der Waals surface area contributed by atoms with Gasteiger partial charge in [-0.25, -0.2) is 8.42 Å². The van der Waals surface area contributed by atoms with Gasteiger partial charge in [0.25, 0.3) is 5.91 Å². The molecule has 6 nitrogen and oxygen atoms in total. The van der Waals surface area contributed by atoms with Gasteiger partial charge in [0, 0.05) is 29.4 Å². The molecule has 9 heteroatoms. The number of carbonyl (C=O) groups excluding carboxylic acids is 1. The van der Waals surface area contributed by atoms with Crippen LogP contribution in [-0.4, -0.2) is 43.9 Å². The standard InChI is InChI=1S/C19H20Cl2N2O4S/c1-12-10-23(11-13(2)27-12)28(25,26)18-9-14(3-8-17(18)21)19(24)22-16-6-4-15(20)5-7-16/h3-9,12-13H,10-11H2,1-2H3,(H,22,24)/t12-,13-/m0/s1. The number of amides is 1. The fourth-order valence-electron chi connectivity index (χ4n) is 3.04. The zero-order valence-electron chi connectivity index (χ0n) is 15.4. The van der Waals surface area contributed by atoms with Crippen LogP contribution in [0, 0.1) is 0 Å². The summed E-state index contributed by atoms with van der Waals surface area (Å²) in [6, 6.07) is 10.8. The molecule has 0 radical (unpaired) electrons. The summed E-state index contributed by atoms with van der Waals surface area (Å²) in [7, 11) is -3.87. The highest BCUT2D eigenvalue weighted by atomic mass is 35.5. The second-order valence-electron chi connectivity index (χ2n) is 6.69. The summed E-state index contributed by atoms with van der Waals surface area (Å²) >= 11 is 12.0. The summed E-state index contributed by atoms with van der Waals surface area (Å²) in [5.74, 6) is -0.445. The quantitative estimate of drug-likeness (QED) is 0.774. The predicted octanol–water partition coefficient (Wildman–Crippen LogP) is 4.04. The molecule has 0 bridgehead atoms. The van der Waals surface area contributed by atoms with Gasteiger partial charge in [0.15, 0.2) is 0 Å². The molecule has 0 saturated carbocycles. The molecule has 1 fully saturated rings. The van der Waals surface area contributed by atoms with E-state index in [2.05, 4.69) is 5.32 Å². The number of rotatable bonds is 4. The molecular formula is C19H20Cl2N2O4S. The topological polar surface area (TPSA) is 75.7 Å². The SMILES string of the molecule is C[C@H]1CN(S(=O)(=O)c2cc(C(=O)Nc3ccc(Cl)cc3)ccc2Cl)C[C@H](C)O1. The molecule has 2 aromatic rings. The van der Waals surface area contributed by atoms with Crippen LogP contribution >= 0.6 is 23.2 Å². The van der Waals surface area contributed by atoms with Crippen LogP contribution in [0.3, 0.4) is 0 Å². The number of halogens is 2. The van der Waals surface area contributed by atoms with Gasteiger partial charge in [-0.3, -0.25) is 4.79 Å². The zero-order chi connectivity index (χ0) is 20.5. The van der Waals surface area contributed by atoms with Crippen molar-refractivity contribution >= 4 is 44.8 Å². The molecule has 1 heterocycles. The number of carbonyl (C=O) groups is 1. The number of ether oxygens (including phenoxy) is 1. The Morgan fingerprint density at radius 1 is 1.07 bits per heavy atom. The third kappa shape index (κ3) is 4.67. The highest BCUT2D eigenvalue weighted by molar-refractivity contribution is 7.89. The average Bonchev–Trinajstić information content (AvgIpc) is 2.63. The van der Waals surface area contributed by atoms with E-state index >= 15 is 0 Å². The zero-order valence-corrected chi connectivity index (χ0v) is 17.7. The molecule has 3 rings (SSSR count). The van der Waals surface area contributed by atoms with E-state index in [0.29, 0.717) is 10.7 Å². The molecule has 1 aliphatic heterocycles. The van der Waals surface area contributed by atoms with Crippen LogP contribution in [0.5, 0.6) is 0 Å². The van der Waals surface area contributed by atoms with Crippen molar-refractivity contribution in [1.29, 1.82) is 0 Å². The number of hydrogen-bond donors (Lipinski definition) is 1. The van der Waals surface area contributed by atoms with Crippen LogP contribution in [-0.2, 0) is 14.8 Å². The van der Waals surface area contributed by atoms with Crippen LogP contribution < -0.4 is 5.32 Å². The minimum atomic E-state index is -3.87. The van der Waals surface area contributed by atoms with Crippen molar-refractivity contribution in [3.05, 3.63) is 58.1 Å². The number of nitrogens with zero attached hydrogens (tertiary/aromatic N) is 1. The lowest BCUT2D eigenvalue weighted by Gasteiger charge is -2.34. The van der Waals surface area contributed by atoms with Gasteiger partial charge in [0.2, 0.25) is 10.0 Å². The van der Waals surface area contributed by atoms with Crippen molar-refractivity contribution in [3.63, 3.8) is 0 Å². The van der Waals surface area contributed by atoms with E-state index in [1.165, 1.54) is 22.5 Å². The Morgan fingerprint density at radius 2 is 1.68 bits per heavy atom. The number of morpholine rings is 1. The lowest BCUT2D eigenvalue weighted by Crippen LogP contribution is -2.48. The number of anilines is 1. The van der Waals surface area contributed by atoms with Crippen molar-refractivity contribution in [1.82, 2.24) is 4.31 Å². The maximum Gasteiger partial charge on any atom is 0.255 e. The van der Waals surface area contributed by atoms with Crippen molar-refractivity contribution in [3.8, 4) is 0 Å². The fraction of sp³-hybridized carbons (Fsp3) is 0.316.